The van der Waals surface area contributed by atoms with E-state index in [-0.39, 0.29) is 5.41 Å². The van der Waals surface area contributed by atoms with Crippen LogP contribution in [0.3, 0.4) is 0 Å². The smallest absolute Gasteiger partial charge is 0.00911 e. The first-order chi connectivity index (χ1) is 7.95. The molecule has 0 aromatic heterocycles. The van der Waals surface area contributed by atoms with E-state index in [0.717, 1.165) is 5.33 Å². The van der Waals surface area contributed by atoms with Crippen molar-refractivity contribution in [3.63, 3.8) is 0 Å². The van der Waals surface area contributed by atoms with Crippen molar-refractivity contribution >= 4 is 15.9 Å². The van der Waals surface area contributed by atoms with Crippen LogP contribution >= 0.6 is 15.9 Å². The standard InChI is InChI=1S/C16H23Br/c1-15(2,3)14-7-5-13(6-8-14)11-16(12-17)9-4-10-16/h5-8H,4,9-12H2,1-3H3. The maximum absolute atomic E-state index is 3.69. The fourth-order valence-electron chi connectivity index (χ4n) is 2.59. The zero-order valence-corrected chi connectivity index (χ0v) is 12.8. The van der Waals surface area contributed by atoms with Crippen LogP contribution < -0.4 is 0 Å². The molecule has 0 amide bonds. The molecule has 0 saturated heterocycles. The molecule has 1 aliphatic carbocycles. The molecule has 17 heavy (non-hydrogen) atoms. The van der Waals surface area contributed by atoms with Gasteiger partial charge in [-0.1, -0.05) is 67.4 Å². The fourth-order valence-corrected chi connectivity index (χ4v) is 3.35. The predicted molar refractivity (Wildman–Crippen MR) is 78.9 cm³/mol. The zero-order valence-electron chi connectivity index (χ0n) is 11.2. The lowest BCUT2D eigenvalue weighted by Crippen LogP contribution is -2.33. The minimum Gasteiger partial charge on any atom is -0.0922 e. The van der Waals surface area contributed by atoms with Crippen LogP contribution in [0.15, 0.2) is 24.3 Å². The predicted octanol–water partition coefficient (Wildman–Crippen LogP) is 5.09. The van der Waals surface area contributed by atoms with Crippen LogP contribution in [-0.2, 0) is 11.8 Å². The van der Waals surface area contributed by atoms with Crippen LogP contribution in [-0.4, -0.2) is 5.33 Å². The van der Waals surface area contributed by atoms with Gasteiger partial charge >= 0.3 is 0 Å². The molecule has 0 bridgehead atoms. The van der Waals surface area contributed by atoms with E-state index < -0.39 is 0 Å². The zero-order chi connectivity index (χ0) is 12.5. The quantitative estimate of drug-likeness (QED) is 0.681. The van der Waals surface area contributed by atoms with Gasteiger partial charge in [0.2, 0.25) is 0 Å². The summed E-state index contributed by atoms with van der Waals surface area (Å²) >= 11 is 3.69. The second-order valence-electron chi connectivity index (χ2n) is 6.61. The average molecular weight is 295 g/mol. The molecule has 1 heteroatoms. The molecule has 2 rings (SSSR count). The van der Waals surface area contributed by atoms with E-state index in [4.69, 9.17) is 0 Å². The van der Waals surface area contributed by atoms with Crippen LogP contribution in [0.25, 0.3) is 0 Å². The summed E-state index contributed by atoms with van der Waals surface area (Å²) in [5, 5.41) is 1.15. The number of hydrogen-bond acceptors (Lipinski definition) is 0. The number of halogens is 1. The molecule has 1 aromatic carbocycles. The molecule has 1 saturated carbocycles. The molecule has 0 N–H and O–H groups in total. The molecule has 94 valence electrons. The first-order valence-corrected chi connectivity index (χ1v) is 7.73. The first kappa shape index (κ1) is 13.1. The van der Waals surface area contributed by atoms with Gasteiger partial charge in [-0.2, -0.15) is 0 Å². The van der Waals surface area contributed by atoms with E-state index in [1.165, 1.54) is 36.8 Å². The topological polar surface area (TPSA) is 0 Å². The van der Waals surface area contributed by atoms with Crippen molar-refractivity contribution in [2.24, 2.45) is 5.41 Å². The minimum atomic E-state index is 0.266. The summed E-state index contributed by atoms with van der Waals surface area (Å²) in [6, 6.07) is 9.25. The minimum absolute atomic E-state index is 0.266. The van der Waals surface area contributed by atoms with Gasteiger partial charge in [0.15, 0.2) is 0 Å². The summed E-state index contributed by atoms with van der Waals surface area (Å²) in [6.07, 6.45) is 5.42. The highest BCUT2D eigenvalue weighted by atomic mass is 79.9. The largest absolute Gasteiger partial charge is 0.0922 e. The lowest BCUT2D eigenvalue weighted by atomic mass is 9.67. The SMILES string of the molecule is CC(C)(C)c1ccc(CC2(CBr)CCC2)cc1. The molecular formula is C16H23Br. The lowest BCUT2D eigenvalue weighted by Gasteiger charge is -2.40. The van der Waals surface area contributed by atoms with Crippen molar-refractivity contribution < 1.29 is 0 Å². The Morgan fingerprint density at radius 3 is 2.06 bits per heavy atom. The number of alkyl halides is 1. The summed E-state index contributed by atoms with van der Waals surface area (Å²) in [7, 11) is 0. The molecule has 0 spiro atoms. The van der Waals surface area contributed by atoms with Gasteiger partial charge in [0.05, 0.1) is 0 Å². The van der Waals surface area contributed by atoms with Gasteiger partial charge in [-0.3, -0.25) is 0 Å². The van der Waals surface area contributed by atoms with Gasteiger partial charge in [0.25, 0.3) is 0 Å². The second kappa shape index (κ2) is 4.76. The van der Waals surface area contributed by atoms with Crippen LogP contribution in [0, 0.1) is 5.41 Å². The first-order valence-electron chi connectivity index (χ1n) is 6.61. The van der Waals surface area contributed by atoms with Crippen molar-refractivity contribution in [3.8, 4) is 0 Å². The van der Waals surface area contributed by atoms with E-state index in [1.54, 1.807) is 0 Å². The Morgan fingerprint density at radius 2 is 1.71 bits per heavy atom. The van der Waals surface area contributed by atoms with Crippen molar-refractivity contribution in [2.75, 3.05) is 5.33 Å². The molecule has 1 fully saturated rings. The monoisotopic (exact) mass is 294 g/mol. The van der Waals surface area contributed by atoms with E-state index >= 15 is 0 Å². The number of benzene rings is 1. The van der Waals surface area contributed by atoms with Crippen molar-refractivity contribution in [2.45, 2.75) is 51.9 Å². The Balaban J connectivity index is 2.08. The fraction of sp³-hybridized carbons (Fsp3) is 0.625. The molecule has 0 radical (unpaired) electrons. The maximum Gasteiger partial charge on any atom is 0.00911 e. The summed E-state index contributed by atoms with van der Waals surface area (Å²) in [4.78, 5) is 0. The molecular weight excluding hydrogens is 272 g/mol. The lowest BCUT2D eigenvalue weighted by molar-refractivity contribution is 0.170. The Bertz CT molecular complexity index is 360. The highest BCUT2D eigenvalue weighted by Crippen LogP contribution is 2.45. The Morgan fingerprint density at radius 1 is 1.12 bits per heavy atom. The van der Waals surface area contributed by atoms with Gasteiger partial charge in [-0.15, -0.1) is 0 Å². The van der Waals surface area contributed by atoms with Gasteiger partial charge in [0, 0.05) is 5.33 Å². The highest BCUT2D eigenvalue weighted by molar-refractivity contribution is 9.09. The molecule has 1 aromatic rings. The van der Waals surface area contributed by atoms with Crippen LogP contribution in [0.1, 0.15) is 51.2 Å². The third-order valence-electron chi connectivity index (χ3n) is 4.10. The summed E-state index contributed by atoms with van der Waals surface area (Å²) in [5.41, 5.74) is 3.76. The Kier molecular flexibility index (Phi) is 3.68. The van der Waals surface area contributed by atoms with Crippen molar-refractivity contribution in [1.82, 2.24) is 0 Å². The highest BCUT2D eigenvalue weighted by Gasteiger charge is 2.35. The van der Waals surface area contributed by atoms with E-state index in [2.05, 4.69) is 61.0 Å². The van der Waals surface area contributed by atoms with Crippen molar-refractivity contribution in [3.05, 3.63) is 35.4 Å². The van der Waals surface area contributed by atoms with E-state index in [1.807, 2.05) is 0 Å². The summed E-state index contributed by atoms with van der Waals surface area (Å²) < 4.78 is 0. The van der Waals surface area contributed by atoms with Gasteiger partial charge in [-0.05, 0) is 41.2 Å². The molecule has 0 heterocycles. The van der Waals surface area contributed by atoms with E-state index in [0.29, 0.717) is 5.41 Å². The van der Waals surface area contributed by atoms with Crippen molar-refractivity contribution in [1.29, 1.82) is 0 Å². The summed E-state index contributed by atoms with van der Waals surface area (Å²) in [6.45, 7) is 6.82. The Labute approximate surface area is 114 Å². The molecule has 0 unspecified atom stereocenters. The summed E-state index contributed by atoms with van der Waals surface area (Å²) in [5.74, 6) is 0. The molecule has 1 aliphatic rings. The van der Waals surface area contributed by atoms with E-state index in [9.17, 15) is 0 Å². The second-order valence-corrected chi connectivity index (χ2v) is 7.17. The Hall–Kier alpha value is -0.300. The molecule has 0 nitrogen and oxygen atoms in total. The van der Waals surface area contributed by atoms with Crippen LogP contribution in [0.4, 0.5) is 0 Å². The third-order valence-corrected chi connectivity index (χ3v) is 5.29. The molecule has 0 aliphatic heterocycles. The van der Waals surface area contributed by atoms with Gasteiger partial charge < -0.3 is 0 Å². The average Bonchev–Trinajstić information content (AvgIpc) is 2.23. The van der Waals surface area contributed by atoms with Crippen LogP contribution in [0.5, 0.6) is 0 Å². The number of hydrogen-bond donors (Lipinski definition) is 0. The van der Waals surface area contributed by atoms with Gasteiger partial charge in [-0.25, -0.2) is 0 Å². The van der Waals surface area contributed by atoms with Crippen LogP contribution in [0.2, 0.25) is 0 Å². The normalized spacial score (nSPS) is 18.8. The van der Waals surface area contributed by atoms with Gasteiger partial charge in [0.1, 0.15) is 0 Å². The third kappa shape index (κ3) is 2.93. The maximum atomic E-state index is 3.69. The molecule has 0 atom stereocenters. The number of rotatable bonds is 3.